The van der Waals surface area contributed by atoms with E-state index in [4.69, 9.17) is 0 Å². The molecule has 2 fully saturated rings. The van der Waals surface area contributed by atoms with Gasteiger partial charge in [0.05, 0.1) is 11.3 Å². The van der Waals surface area contributed by atoms with Gasteiger partial charge in [-0.05, 0) is 62.1 Å². The summed E-state index contributed by atoms with van der Waals surface area (Å²) in [4.78, 5) is 16.2. The van der Waals surface area contributed by atoms with E-state index in [1.54, 1.807) is 35.1 Å². The number of carbonyl (C=O) groups excluding carboxylic acids is 1. The molecule has 2 heterocycles. The molecule has 0 radical (unpaired) electrons. The second-order valence-electron chi connectivity index (χ2n) is 7.32. The second kappa shape index (κ2) is 6.30. The Hall–Kier alpha value is -3.02. The fraction of sp³-hybridized carbons (Fsp3) is 0.286. The number of hydrogen-bond acceptors (Lipinski definition) is 3. The van der Waals surface area contributed by atoms with Crippen LogP contribution in [0.25, 0.3) is 5.69 Å². The number of carbonyl (C=O) groups is 1. The average Bonchev–Trinajstić information content (AvgIpc) is 3.61. The number of amides is 1. The van der Waals surface area contributed by atoms with Crippen molar-refractivity contribution in [3.8, 4) is 5.69 Å². The summed E-state index contributed by atoms with van der Waals surface area (Å²) in [7, 11) is 0. The summed E-state index contributed by atoms with van der Waals surface area (Å²) in [6.07, 6.45) is 7.69. The number of anilines is 1. The molecule has 5 nitrogen and oxygen atoms in total. The van der Waals surface area contributed by atoms with E-state index in [2.05, 4.69) is 21.5 Å². The first-order valence-corrected chi connectivity index (χ1v) is 9.30. The summed E-state index contributed by atoms with van der Waals surface area (Å²) in [6, 6.07) is 10.2. The van der Waals surface area contributed by atoms with Gasteiger partial charge in [0.1, 0.15) is 5.69 Å². The average molecular weight is 362 g/mol. The highest BCUT2D eigenvalue weighted by atomic mass is 19.1. The molecule has 1 aromatic carbocycles. The van der Waals surface area contributed by atoms with Crippen LogP contribution in [-0.2, 0) is 0 Å². The normalized spacial score (nSPS) is 16.3. The maximum atomic E-state index is 14.9. The van der Waals surface area contributed by atoms with Crippen molar-refractivity contribution in [1.29, 1.82) is 0 Å². The standard InChI is InChI=1S/C21H19FN4O/c22-17-10-16(24-21(27)15-2-1-9-23-12-15)7-8-19(17)26-20(14-5-6-14)11-18(25-26)13-3-4-13/h1-2,7-14H,3-6H2,(H,24,27). The monoisotopic (exact) mass is 362 g/mol. The van der Waals surface area contributed by atoms with Crippen LogP contribution in [-0.4, -0.2) is 20.7 Å². The maximum absolute atomic E-state index is 14.9. The Morgan fingerprint density at radius 3 is 2.59 bits per heavy atom. The molecule has 3 aromatic rings. The molecule has 5 rings (SSSR count). The molecular formula is C21H19FN4O. The Kier molecular flexibility index (Phi) is 3.77. The van der Waals surface area contributed by atoms with Gasteiger partial charge >= 0.3 is 0 Å². The van der Waals surface area contributed by atoms with E-state index in [0.29, 0.717) is 28.8 Å². The molecule has 2 saturated carbocycles. The first kappa shape index (κ1) is 16.2. The molecule has 6 heteroatoms. The fourth-order valence-corrected chi connectivity index (χ4v) is 3.31. The summed E-state index contributed by atoms with van der Waals surface area (Å²) in [6.45, 7) is 0. The molecule has 27 heavy (non-hydrogen) atoms. The third-order valence-corrected chi connectivity index (χ3v) is 5.10. The van der Waals surface area contributed by atoms with Crippen LogP contribution in [0.4, 0.5) is 10.1 Å². The van der Waals surface area contributed by atoms with E-state index >= 15 is 0 Å². The van der Waals surface area contributed by atoms with Crippen molar-refractivity contribution < 1.29 is 9.18 Å². The minimum Gasteiger partial charge on any atom is -0.322 e. The highest BCUT2D eigenvalue weighted by Crippen LogP contribution is 2.45. The van der Waals surface area contributed by atoms with Crippen LogP contribution in [0.2, 0.25) is 0 Å². The van der Waals surface area contributed by atoms with Gasteiger partial charge in [-0.1, -0.05) is 0 Å². The van der Waals surface area contributed by atoms with E-state index in [0.717, 1.165) is 24.2 Å². The Morgan fingerprint density at radius 2 is 1.93 bits per heavy atom. The number of aromatic nitrogens is 3. The Bertz CT molecular complexity index is 1010. The molecule has 0 spiro atoms. The van der Waals surface area contributed by atoms with Gasteiger partial charge in [-0.15, -0.1) is 0 Å². The Morgan fingerprint density at radius 1 is 1.11 bits per heavy atom. The van der Waals surface area contributed by atoms with E-state index in [9.17, 15) is 9.18 Å². The molecule has 2 aromatic heterocycles. The first-order chi connectivity index (χ1) is 13.2. The van der Waals surface area contributed by atoms with Crippen molar-refractivity contribution in [3.05, 3.63) is 71.6 Å². The van der Waals surface area contributed by atoms with Crippen molar-refractivity contribution >= 4 is 11.6 Å². The predicted molar refractivity (Wildman–Crippen MR) is 99.7 cm³/mol. The van der Waals surface area contributed by atoms with Crippen molar-refractivity contribution in [2.24, 2.45) is 0 Å². The lowest BCUT2D eigenvalue weighted by atomic mass is 10.2. The summed E-state index contributed by atoms with van der Waals surface area (Å²) in [5, 5.41) is 7.40. The zero-order chi connectivity index (χ0) is 18.4. The summed E-state index contributed by atoms with van der Waals surface area (Å²) in [5.74, 6) is 0.301. The Labute approximate surface area is 156 Å². The van der Waals surface area contributed by atoms with Gasteiger partial charge in [0.25, 0.3) is 5.91 Å². The molecule has 2 aliphatic carbocycles. The SMILES string of the molecule is O=C(Nc1ccc(-n2nc(C3CC3)cc2C2CC2)c(F)c1)c1cccnc1. The maximum Gasteiger partial charge on any atom is 0.257 e. The van der Waals surface area contributed by atoms with Crippen LogP contribution in [0.15, 0.2) is 48.8 Å². The zero-order valence-corrected chi connectivity index (χ0v) is 14.7. The van der Waals surface area contributed by atoms with Crippen molar-refractivity contribution in [2.75, 3.05) is 5.32 Å². The number of rotatable bonds is 5. The quantitative estimate of drug-likeness (QED) is 0.731. The largest absolute Gasteiger partial charge is 0.322 e. The molecule has 0 atom stereocenters. The molecule has 136 valence electrons. The molecule has 2 aliphatic rings. The molecule has 1 N–H and O–H groups in total. The summed E-state index contributed by atoms with van der Waals surface area (Å²) < 4.78 is 16.6. The van der Waals surface area contributed by atoms with Crippen molar-refractivity contribution in [2.45, 2.75) is 37.5 Å². The summed E-state index contributed by atoms with van der Waals surface area (Å²) >= 11 is 0. The molecule has 0 aliphatic heterocycles. The first-order valence-electron chi connectivity index (χ1n) is 9.30. The Balaban J connectivity index is 1.43. The van der Waals surface area contributed by atoms with Crippen molar-refractivity contribution in [3.63, 3.8) is 0 Å². The minimum atomic E-state index is -0.397. The van der Waals surface area contributed by atoms with Crippen LogP contribution in [0.3, 0.4) is 0 Å². The number of pyridine rings is 1. The van der Waals surface area contributed by atoms with Gasteiger partial charge < -0.3 is 5.32 Å². The summed E-state index contributed by atoms with van der Waals surface area (Å²) in [5.41, 5.74) is 3.45. The third-order valence-electron chi connectivity index (χ3n) is 5.10. The topological polar surface area (TPSA) is 59.8 Å². The lowest BCUT2D eigenvalue weighted by Crippen LogP contribution is -2.12. The molecule has 0 saturated heterocycles. The number of nitrogens with zero attached hydrogens (tertiary/aromatic N) is 3. The van der Waals surface area contributed by atoms with E-state index in [1.165, 1.54) is 25.1 Å². The minimum absolute atomic E-state index is 0.316. The number of benzene rings is 1. The van der Waals surface area contributed by atoms with Crippen LogP contribution < -0.4 is 5.32 Å². The molecule has 0 bridgehead atoms. The van der Waals surface area contributed by atoms with Gasteiger partial charge in [-0.25, -0.2) is 9.07 Å². The van der Waals surface area contributed by atoms with Gasteiger partial charge in [0.15, 0.2) is 5.82 Å². The van der Waals surface area contributed by atoms with Gasteiger partial charge in [-0.2, -0.15) is 5.10 Å². The van der Waals surface area contributed by atoms with Gasteiger partial charge in [-0.3, -0.25) is 9.78 Å². The molecular weight excluding hydrogens is 343 g/mol. The van der Waals surface area contributed by atoms with Gasteiger partial charge in [0, 0.05) is 35.6 Å². The number of nitrogens with one attached hydrogen (secondary N) is 1. The van der Waals surface area contributed by atoms with Crippen LogP contribution in [0.5, 0.6) is 0 Å². The smallest absolute Gasteiger partial charge is 0.257 e. The van der Waals surface area contributed by atoms with Gasteiger partial charge in [0.2, 0.25) is 0 Å². The highest BCUT2D eigenvalue weighted by Gasteiger charge is 2.33. The predicted octanol–water partition coefficient (Wildman–Crippen LogP) is 4.41. The van der Waals surface area contributed by atoms with Crippen LogP contribution in [0, 0.1) is 5.82 Å². The molecule has 1 amide bonds. The molecule has 0 unspecified atom stereocenters. The lowest BCUT2D eigenvalue weighted by Gasteiger charge is -2.10. The highest BCUT2D eigenvalue weighted by molar-refractivity contribution is 6.04. The zero-order valence-electron chi connectivity index (χ0n) is 14.7. The van der Waals surface area contributed by atoms with E-state index in [-0.39, 0.29) is 5.91 Å². The van der Waals surface area contributed by atoms with Crippen molar-refractivity contribution in [1.82, 2.24) is 14.8 Å². The number of hydrogen-bond donors (Lipinski definition) is 1. The third kappa shape index (κ3) is 3.23. The number of halogens is 1. The fourth-order valence-electron chi connectivity index (χ4n) is 3.31. The lowest BCUT2D eigenvalue weighted by molar-refractivity contribution is 0.102. The van der Waals surface area contributed by atoms with E-state index < -0.39 is 5.82 Å². The van der Waals surface area contributed by atoms with E-state index in [1.807, 2.05) is 0 Å². The van der Waals surface area contributed by atoms with Crippen LogP contribution >= 0.6 is 0 Å². The van der Waals surface area contributed by atoms with Crippen LogP contribution in [0.1, 0.15) is 59.3 Å². The second-order valence-corrected chi connectivity index (χ2v) is 7.32.